The van der Waals surface area contributed by atoms with E-state index >= 15 is 0 Å². The van der Waals surface area contributed by atoms with E-state index in [0.29, 0.717) is 17.4 Å². The van der Waals surface area contributed by atoms with E-state index in [-0.39, 0.29) is 16.7 Å². The largest absolute Gasteiger partial charge is 0.506 e. The van der Waals surface area contributed by atoms with Gasteiger partial charge in [0, 0.05) is 18.7 Å². The lowest BCUT2D eigenvalue weighted by molar-refractivity contribution is 0.0785. The zero-order valence-electron chi connectivity index (χ0n) is 9.98. The zero-order valence-corrected chi connectivity index (χ0v) is 10.7. The van der Waals surface area contributed by atoms with Crippen molar-refractivity contribution in [1.82, 2.24) is 4.90 Å². The Morgan fingerprint density at radius 2 is 1.94 bits per heavy atom. The molecule has 1 amide bonds. The lowest BCUT2D eigenvalue weighted by Gasteiger charge is -2.16. The van der Waals surface area contributed by atoms with Crippen LogP contribution in [0.1, 0.15) is 24.2 Å². The highest BCUT2D eigenvalue weighted by atomic mass is 35.5. The van der Waals surface area contributed by atoms with Gasteiger partial charge in [-0.05, 0) is 30.0 Å². The average Bonchev–Trinajstić information content (AvgIpc) is 2.62. The molecule has 17 heavy (non-hydrogen) atoms. The molecule has 1 aliphatic heterocycles. The molecule has 0 bridgehead atoms. The van der Waals surface area contributed by atoms with Crippen molar-refractivity contribution < 1.29 is 9.90 Å². The van der Waals surface area contributed by atoms with Crippen LogP contribution < -0.4 is 0 Å². The van der Waals surface area contributed by atoms with Crippen LogP contribution in [0.5, 0.6) is 5.75 Å². The smallest absolute Gasteiger partial charge is 0.253 e. The van der Waals surface area contributed by atoms with Gasteiger partial charge in [0.2, 0.25) is 0 Å². The second-order valence-electron chi connectivity index (χ2n) is 4.83. The van der Waals surface area contributed by atoms with Crippen LogP contribution in [0.3, 0.4) is 0 Å². The van der Waals surface area contributed by atoms with E-state index in [1.54, 1.807) is 6.07 Å². The molecular weight excluding hydrogens is 238 g/mol. The summed E-state index contributed by atoms with van der Waals surface area (Å²) in [5.41, 5.74) is 0.536. The first-order valence-corrected chi connectivity index (χ1v) is 6.14. The van der Waals surface area contributed by atoms with Gasteiger partial charge in [-0.25, -0.2) is 0 Å². The summed E-state index contributed by atoms with van der Waals surface area (Å²) in [5, 5.41) is 9.54. The van der Waals surface area contributed by atoms with E-state index in [1.165, 1.54) is 12.1 Å². The summed E-state index contributed by atoms with van der Waals surface area (Å²) < 4.78 is 0. The Balaban J connectivity index is 2.17. The number of carbonyl (C=O) groups is 1. The molecule has 2 atom stereocenters. The maximum absolute atomic E-state index is 12.2. The molecule has 2 unspecified atom stereocenters. The fraction of sp³-hybridized carbons (Fsp3) is 0.462. The van der Waals surface area contributed by atoms with Crippen LogP contribution in [0.25, 0.3) is 0 Å². The van der Waals surface area contributed by atoms with Gasteiger partial charge in [-0.1, -0.05) is 25.4 Å². The molecule has 1 N–H and O–H groups in total. The standard InChI is InChI=1S/C13H16ClNO2/c1-8-6-15(7-9(8)2)13(17)10-3-4-12(16)11(14)5-10/h3-5,8-9,16H,6-7H2,1-2H3. The van der Waals surface area contributed by atoms with Gasteiger partial charge in [0.15, 0.2) is 0 Å². The quantitative estimate of drug-likeness (QED) is 0.836. The topological polar surface area (TPSA) is 40.5 Å². The van der Waals surface area contributed by atoms with Crippen molar-refractivity contribution in [1.29, 1.82) is 0 Å². The van der Waals surface area contributed by atoms with E-state index in [4.69, 9.17) is 11.6 Å². The minimum atomic E-state index is -0.0110. The first-order valence-electron chi connectivity index (χ1n) is 5.77. The SMILES string of the molecule is CC1CN(C(=O)c2ccc(O)c(Cl)c2)CC1C. The maximum atomic E-state index is 12.2. The van der Waals surface area contributed by atoms with Gasteiger partial charge in [-0.2, -0.15) is 0 Å². The minimum absolute atomic E-state index is 0.00590. The molecule has 0 saturated carbocycles. The van der Waals surface area contributed by atoms with Crippen LogP contribution in [0.15, 0.2) is 18.2 Å². The van der Waals surface area contributed by atoms with Crippen LogP contribution >= 0.6 is 11.6 Å². The zero-order chi connectivity index (χ0) is 12.6. The predicted octanol–water partition coefficient (Wildman–Crippen LogP) is 2.77. The molecule has 1 aliphatic rings. The molecule has 0 aliphatic carbocycles. The first-order chi connectivity index (χ1) is 7.99. The van der Waals surface area contributed by atoms with Gasteiger partial charge in [-0.15, -0.1) is 0 Å². The molecular formula is C13H16ClNO2. The molecule has 0 spiro atoms. The van der Waals surface area contributed by atoms with Gasteiger partial charge in [0.05, 0.1) is 5.02 Å². The first kappa shape index (κ1) is 12.2. The Labute approximate surface area is 106 Å². The van der Waals surface area contributed by atoms with Crippen LogP contribution in [0.2, 0.25) is 5.02 Å². The fourth-order valence-electron chi connectivity index (χ4n) is 2.12. The molecule has 0 aromatic heterocycles. The maximum Gasteiger partial charge on any atom is 0.253 e. The number of amides is 1. The number of benzene rings is 1. The Morgan fingerprint density at radius 3 is 2.47 bits per heavy atom. The number of phenolic OH excluding ortho intramolecular Hbond substituents is 1. The summed E-state index contributed by atoms with van der Waals surface area (Å²) >= 11 is 5.80. The van der Waals surface area contributed by atoms with Crippen molar-refractivity contribution in [3.8, 4) is 5.75 Å². The number of nitrogens with zero attached hydrogens (tertiary/aromatic N) is 1. The number of hydrogen-bond donors (Lipinski definition) is 1. The molecule has 3 nitrogen and oxygen atoms in total. The number of rotatable bonds is 1. The Bertz CT molecular complexity index is 437. The minimum Gasteiger partial charge on any atom is -0.506 e. The summed E-state index contributed by atoms with van der Waals surface area (Å²) in [6, 6.07) is 4.59. The van der Waals surface area contributed by atoms with E-state index in [0.717, 1.165) is 13.1 Å². The molecule has 1 heterocycles. The molecule has 2 rings (SSSR count). The van der Waals surface area contributed by atoms with Crippen molar-refractivity contribution in [3.05, 3.63) is 28.8 Å². The lowest BCUT2D eigenvalue weighted by Crippen LogP contribution is -2.28. The molecule has 1 fully saturated rings. The van der Waals surface area contributed by atoms with Gasteiger partial charge in [0.1, 0.15) is 5.75 Å². The van der Waals surface area contributed by atoms with Crippen LogP contribution in [0, 0.1) is 11.8 Å². The van der Waals surface area contributed by atoms with Crippen molar-refractivity contribution in [3.63, 3.8) is 0 Å². The van der Waals surface area contributed by atoms with Gasteiger partial charge in [0.25, 0.3) is 5.91 Å². The summed E-state index contributed by atoms with van der Waals surface area (Å²) in [5.74, 6) is 1.06. The van der Waals surface area contributed by atoms with E-state index < -0.39 is 0 Å². The van der Waals surface area contributed by atoms with E-state index in [2.05, 4.69) is 13.8 Å². The second kappa shape index (κ2) is 4.57. The Morgan fingerprint density at radius 1 is 1.35 bits per heavy atom. The molecule has 1 aromatic rings. The normalized spacial score (nSPS) is 24.1. The molecule has 4 heteroatoms. The Hall–Kier alpha value is -1.22. The van der Waals surface area contributed by atoms with Crippen LogP contribution in [-0.2, 0) is 0 Å². The van der Waals surface area contributed by atoms with Gasteiger partial charge >= 0.3 is 0 Å². The summed E-state index contributed by atoms with van der Waals surface area (Å²) in [6.07, 6.45) is 0. The summed E-state index contributed by atoms with van der Waals surface area (Å²) in [4.78, 5) is 14.0. The van der Waals surface area contributed by atoms with Crippen molar-refractivity contribution in [2.75, 3.05) is 13.1 Å². The highest BCUT2D eigenvalue weighted by Gasteiger charge is 2.29. The fourth-order valence-corrected chi connectivity index (χ4v) is 2.30. The van der Waals surface area contributed by atoms with Crippen molar-refractivity contribution in [2.45, 2.75) is 13.8 Å². The van der Waals surface area contributed by atoms with Crippen molar-refractivity contribution in [2.24, 2.45) is 11.8 Å². The Kier molecular flexibility index (Phi) is 3.29. The third kappa shape index (κ3) is 2.39. The molecule has 92 valence electrons. The number of aromatic hydroxyl groups is 1. The molecule has 1 aromatic carbocycles. The highest BCUT2D eigenvalue weighted by Crippen LogP contribution is 2.27. The average molecular weight is 254 g/mol. The summed E-state index contributed by atoms with van der Waals surface area (Å²) in [7, 11) is 0. The number of halogens is 1. The highest BCUT2D eigenvalue weighted by molar-refractivity contribution is 6.32. The molecule has 0 radical (unpaired) electrons. The van der Waals surface area contributed by atoms with Crippen LogP contribution in [-0.4, -0.2) is 29.0 Å². The van der Waals surface area contributed by atoms with E-state index in [9.17, 15) is 9.90 Å². The number of carbonyl (C=O) groups excluding carboxylic acids is 1. The van der Waals surface area contributed by atoms with Gasteiger partial charge in [-0.3, -0.25) is 4.79 Å². The molecule has 1 saturated heterocycles. The van der Waals surface area contributed by atoms with Gasteiger partial charge < -0.3 is 10.0 Å². The van der Waals surface area contributed by atoms with Crippen LogP contribution in [0.4, 0.5) is 0 Å². The third-order valence-corrected chi connectivity index (χ3v) is 3.77. The summed E-state index contributed by atoms with van der Waals surface area (Å²) in [6.45, 7) is 5.89. The monoisotopic (exact) mass is 253 g/mol. The predicted molar refractivity (Wildman–Crippen MR) is 67.3 cm³/mol. The number of hydrogen-bond acceptors (Lipinski definition) is 2. The lowest BCUT2D eigenvalue weighted by atomic mass is 10.0. The number of likely N-dealkylation sites (tertiary alicyclic amines) is 1. The second-order valence-corrected chi connectivity index (χ2v) is 5.24. The number of phenols is 1. The third-order valence-electron chi connectivity index (χ3n) is 3.47. The van der Waals surface area contributed by atoms with E-state index in [1.807, 2.05) is 4.90 Å². The van der Waals surface area contributed by atoms with Crippen molar-refractivity contribution >= 4 is 17.5 Å².